The van der Waals surface area contributed by atoms with Crippen LogP contribution >= 0.6 is 0 Å². The number of carbonyl (C=O) groups excluding carboxylic acids is 1. The summed E-state index contributed by atoms with van der Waals surface area (Å²) in [4.78, 5) is 26.3. The second kappa shape index (κ2) is 9.54. The molecule has 2 bridgehead atoms. The minimum Gasteiger partial charge on any atom is -0.479 e. The number of rotatable bonds is 6. The average molecular weight is 549 g/mol. The van der Waals surface area contributed by atoms with Gasteiger partial charge in [-0.05, 0) is 67.4 Å². The molecule has 0 spiro atoms. The summed E-state index contributed by atoms with van der Waals surface area (Å²) in [6.07, 6.45) is -0.996. The molecule has 3 fully saturated rings. The molecule has 8 nitrogen and oxygen atoms in total. The lowest BCUT2D eigenvalue weighted by molar-refractivity contribution is -0.193. The van der Waals surface area contributed by atoms with Crippen LogP contribution in [0.25, 0.3) is 0 Å². The number of aliphatic carboxylic acids is 1. The summed E-state index contributed by atoms with van der Waals surface area (Å²) in [6.45, 7) is 13.2. The Balaban J connectivity index is 1.93. The van der Waals surface area contributed by atoms with Crippen molar-refractivity contribution in [1.82, 2.24) is 0 Å². The van der Waals surface area contributed by atoms with Gasteiger partial charge in [0.1, 0.15) is 6.10 Å². The summed E-state index contributed by atoms with van der Waals surface area (Å²) in [5, 5.41) is 33.0. The summed E-state index contributed by atoms with van der Waals surface area (Å²) in [5.74, 6) is -4.13. The molecule has 1 unspecified atom stereocenters. The van der Waals surface area contributed by atoms with Gasteiger partial charge in [0.05, 0.1) is 11.0 Å². The third-order valence-corrected chi connectivity index (χ3v) is 11.9. The zero-order chi connectivity index (χ0) is 28.4. The van der Waals surface area contributed by atoms with Crippen LogP contribution in [0.3, 0.4) is 0 Å². The summed E-state index contributed by atoms with van der Waals surface area (Å²) in [6, 6.07) is 5.94. The first-order valence-electron chi connectivity index (χ1n) is 13.3. The third-order valence-electron chi connectivity index (χ3n) is 10.6. The Labute approximate surface area is 225 Å². The molecule has 3 aliphatic rings. The van der Waals surface area contributed by atoms with E-state index in [1.54, 1.807) is 32.1 Å². The highest BCUT2D eigenvalue weighted by molar-refractivity contribution is 7.86. The number of aliphatic hydroxyl groups excluding tert-OH is 2. The lowest BCUT2D eigenvalue weighted by atomic mass is 9.41. The molecule has 4 rings (SSSR count). The molecule has 0 heterocycles. The SMILES string of the molecule is C=C[C@]1(C)C[C@@H](C(OS(=O)(=O)c2ccc(C)cc2)C(=O)O)[C@@]2(C)[C@H](C)CC[C@]3(C[C@H](O)C(=O)[C@H]32)[C@@H](C)[C@@H]1O. The van der Waals surface area contributed by atoms with Crippen molar-refractivity contribution in [3.63, 3.8) is 0 Å². The van der Waals surface area contributed by atoms with Gasteiger partial charge in [-0.1, -0.05) is 51.5 Å². The molecular weight excluding hydrogens is 508 g/mol. The lowest BCUT2D eigenvalue weighted by Crippen LogP contribution is -2.63. The molecule has 3 saturated carbocycles. The van der Waals surface area contributed by atoms with Crippen molar-refractivity contribution in [3.8, 4) is 0 Å². The van der Waals surface area contributed by atoms with Crippen LogP contribution in [0.2, 0.25) is 0 Å². The number of carboxylic acids is 1. The van der Waals surface area contributed by atoms with Gasteiger partial charge in [0.25, 0.3) is 10.1 Å². The van der Waals surface area contributed by atoms with Crippen LogP contribution in [-0.2, 0) is 23.9 Å². The van der Waals surface area contributed by atoms with E-state index < -0.39 is 62.5 Å². The number of hydrogen-bond acceptors (Lipinski definition) is 7. The van der Waals surface area contributed by atoms with Crippen molar-refractivity contribution in [1.29, 1.82) is 0 Å². The van der Waals surface area contributed by atoms with Crippen LogP contribution in [0.15, 0.2) is 41.8 Å². The zero-order valence-electron chi connectivity index (χ0n) is 22.8. The van der Waals surface area contributed by atoms with Crippen molar-refractivity contribution >= 4 is 21.9 Å². The molecule has 0 aliphatic heterocycles. The van der Waals surface area contributed by atoms with E-state index in [0.29, 0.717) is 12.8 Å². The number of aliphatic hydroxyl groups is 2. The van der Waals surface area contributed by atoms with Crippen LogP contribution in [0.4, 0.5) is 0 Å². The predicted molar refractivity (Wildman–Crippen MR) is 141 cm³/mol. The van der Waals surface area contributed by atoms with Crippen LogP contribution < -0.4 is 0 Å². The molecule has 0 saturated heterocycles. The number of benzene rings is 1. The third kappa shape index (κ3) is 4.17. The molecule has 3 aliphatic carbocycles. The molecule has 0 amide bonds. The van der Waals surface area contributed by atoms with Crippen molar-refractivity contribution in [2.45, 2.75) is 83.5 Å². The van der Waals surface area contributed by atoms with E-state index in [0.717, 1.165) is 5.56 Å². The molecule has 3 N–H and O–H groups in total. The highest BCUT2D eigenvalue weighted by atomic mass is 32.2. The van der Waals surface area contributed by atoms with Gasteiger partial charge in [-0.15, -0.1) is 6.58 Å². The highest BCUT2D eigenvalue weighted by Crippen LogP contribution is 2.69. The van der Waals surface area contributed by atoms with Gasteiger partial charge in [0.15, 0.2) is 11.9 Å². The van der Waals surface area contributed by atoms with E-state index in [9.17, 15) is 33.3 Å². The maximum absolute atomic E-state index is 13.7. The summed E-state index contributed by atoms with van der Waals surface area (Å²) in [7, 11) is -4.48. The number of hydrogen-bond donors (Lipinski definition) is 3. The molecule has 38 heavy (non-hydrogen) atoms. The highest BCUT2D eigenvalue weighted by Gasteiger charge is 2.70. The molecule has 0 radical (unpaired) electrons. The largest absolute Gasteiger partial charge is 0.479 e. The van der Waals surface area contributed by atoms with Crippen molar-refractivity contribution < 1.29 is 37.5 Å². The van der Waals surface area contributed by atoms with Crippen molar-refractivity contribution in [3.05, 3.63) is 42.5 Å². The van der Waals surface area contributed by atoms with Crippen LogP contribution in [0, 0.1) is 46.8 Å². The van der Waals surface area contributed by atoms with Gasteiger partial charge >= 0.3 is 5.97 Å². The van der Waals surface area contributed by atoms with Gasteiger partial charge in [0, 0.05) is 17.3 Å². The Hall–Kier alpha value is -2.07. The minimum atomic E-state index is -4.48. The molecule has 1 aromatic rings. The van der Waals surface area contributed by atoms with Gasteiger partial charge in [-0.2, -0.15) is 8.42 Å². The quantitative estimate of drug-likeness (QED) is 0.361. The smallest absolute Gasteiger partial charge is 0.334 e. The Morgan fingerprint density at radius 3 is 2.32 bits per heavy atom. The fourth-order valence-corrected chi connectivity index (χ4v) is 9.15. The average Bonchev–Trinajstić information content (AvgIpc) is 3.13. The zero-order valence-corrected chi connectivity index (χ0v) is 23.6. The maximum atomic E-state index is 13.7. The number of Topliss-reactive ketones (excluding diaryl/α,β-unsaturated/α-hetero) is 1. The minimum absolute atomic E-state index is 0.0409. The number of ketones is 1. The first-order valence-corrected chi connectivity index (χ1v) is 14.7. The topological polar surface area (TPSA) is 138 Å². The second-order valence-electron chi connectivity index (χ2n) is 12.5. The molecule has 1 aromatic carbocycles. The van der Waals surface area contributed by atoms with E-state index in [4.69, 9.17) is 4.18 Å². The summed E-state index contributed by atoms with van der Waals surface area (Å²) >= 11 is 0. The van der Waals surface area contributed by atoms with Gasteiger partial charge in [-0.3, -0.25) is 8.98 Å². The van der Waals surface area contributed by atoms with Gasteiger partial charge < -0.3 is 15.3 Å². The normalized spacial score (nSPS) is 42.0. The van der Waals surface area contributed by atoms with Crippen LogP contribution in [-0.4, -0.2) is 53.8 Å². The fourth-order valence-electron chi connectivity index (χ4n) is 8.08. The first kappa shape index (κ1) is 28.9. The summed E-state index contributed by atoms with van der Waals surface area (Å²) in [5.41, 5.74) is -1.96. The monoisotopic (exact) mass is 548 g/mol. The molecule has 0 aromatic heterocycles. The number of carboxylic acid groups (broad SMARTS) is 1. The number of carbonyl (C=O) groups is 2. The molecular formula is C29H40O8S. The van der Waals surface area contributed by atoms with E-state index in [1.807, 2.05) is 20.8 Å². The molecule has 210 valence electrons. The van der Waals surface area contributed by atoms with Crippen molar-refractivity contribution in [2.24, 2.45) is 39.9 Å². The van der Waals surface area contributed by atoms with E-state index in [2.05, 4.69) is 6.58 Å². The van der Waals surface area contributed by atoms with Crippen molar-refractivity contribution in [2.75, 3.05) is 0 Å². The molecule has 10 atom stereocenters. The van der Waals surface area contributed by atoms with Crippen LogP contribution in [0.5, 0.6) is 0 Å². The molecule has 9 heteroatoms. The summed E-state index contributed by atoms with van der Waals surface area (Å²) < 4.78 is 32.2. The Bertz CT molecular complexity index is 1230. The maximum Gasteiger partial charge on any atom is 0.334 e. The van der Waals surface area contributed by atoms with Gasteiger partial charge in [-0.25, -0.2) is 4.79 Å². The predicted octanol–water partition coefficient (Wildman–Crippen LogP) is 3.74. The Kier molecular flexibility index (Phi) is 7.26. The van der Waals surface area contributed by atoms with E-state index in [-0.39, 0.29) is 35.4 Å². The Morgan fingerprint density at radius 1 is 1.16 bits per heavy atom. The Morgan fingerprint density at radius 2 is 1.76 bits per heavy atom. The van der Waals surface area contributed by atoms with E-state index in [1.165, 1.54) is 12.1 Å². The van der Waals surface area contributed by atoms with Crippen LogP contribution in [0.1, 0.15) is 58.9 Å². The number of aryl methyl sites for hydroxylation is 1. The van der Waals surface area contributed by atoms with Gasteiger partial charge in [0.2, 0.25) is 0 Å². The lowest BCUT2D eigenvalue weighted by Gasteiger charge is -2.62. The standard InChI is InChI=1S/C29H40O8S/c1-7-27(5)14-20(23(26(33)34)37-38(35,36)19-10-8-16(2)9-11-19)28(6)17(3)12-13-29(18(4)25(27)32)15-21(30)22(31)24(28)29/h7-11,17-18,20-21,23-25,30,32H,1,12-15H2,2-6H3,(H,33,34)/t17-,18+,20+,21+,23?,24+,25+,27-,28-,29+/m1/s1. The fraction of sp³-hybridized carbons (Fsp3) is 0.655. The first-order chi connectivity index (χ1) is 17.5. The van der Waals surface area contributed by atoms with E-state index >= 15 is 0 Å². The second-order valence-corrected chi connectivity index (χ2v) is 14.0.